The monoisotopic (exact) mass is 281 g/mol. The fraction of sp³-hybridized carbons (Fsp3) is 0.333. The Kier molecular flexibility index (Phi) is 4.41. The highest BCUT2D eigenvalue weighted by atomic mass is 15.1. The molecule has 1 aliphatic rings. The Balaban J connectivity index is 1.56. The molecule has 1 atom stereocenters. The summed E-state index contributed by atoms with van der Waals surface area (Å²) in [6.07, 6.45) is 15.6. The van der Waals surface area contributed by atoms with E-state index < -0.39 is 0 Å². The summed E-state index contributed by atoms with van der Waals surface area (Å²) in [5, 5.41) is 3.52. The molecule has 3 rings (SSSR count). The van der Waals surface area contributed by atoms with Crippen molar-refractivity contribution in [2.24, 2.45) is 13.0 Å². The zero-order valence-electron chi connectivity index (χ0n) is 12.6. The molecule has 1 aliphatic carbocycles. The average Bonchev–Trinajstić information content (AvgIpc) is 3.02. The Morgan fingerprint density at radius 3 is 2.33 bits per heavy atom. The Hall–Kier alpha value is -2.00. The molecule has 21 heavy (non-hydrogen) atoms. The van der Waals surface area contributed by atoms with Crippen molar-refractivity contribution in [3.63, 3.8) is 0 Å². The van der Waals surface area contributed by atoms with Crippen LogP contribution in [0, 0.1) is 5.92 Å². The van der Waals surface area contributed by atoms with E-state index in [-0.39, 0.29) is 0 Å². The largest absolute Gasteiger partial charge is 0.261 e. The van der Waals surface area contributed by atoms with Gasteiger partial charge in [-0.1, -0.05) is 12.2 Å². The summed E-state index contributed by atoms with van der Waals surface area (Å²) in [4.78, 5) is 0. The SMILES string of the molecule is C[n+]1ccc(-c2cc[n+](CNC[C@@H]3C=CCC3)cc2)cc1. The van der Waals surface area contributed by atoms with Crippen molar-refractivity contribution in [2.75, 3.05) is 6.54 Å². The highest BCUT2D eigenvalue weighted by molar-refractivity contribution is 5.60. The van der Waals surface area contributed by atoms with E-state index in [0.29, 0.717) is 0 Å². The van der Waals surface area contributed by atoms with Crippen LogP contribution in [-0.4, -0.2) is 6.54 Å². The number of aromatic nitrogens is 2. The summed E-state index contributed by atoms with van der Waals surface area (Å²) >= 11 is 0. The molecular weight excluding hydrogens is 258 g/mol. The van der Waals surface area contributed by atoms with Crippen LogP contribution in [0.4, 0.5) is 0 Å². The number of aryl methyl sites for hydroxylation is 1. The van der Waals surface area contributed by atoms with Crippen LogP contribution in [0.25, 0.3) is 11.1 Å². The smallest absolute Gasteiger partial charge is 0.202 e. The number of rotatable bonds is 5. The fourth-order valence-electron chi connectivity index (χ4n) is 2.69. The van der Waals surface area contributed by atoms with Crippen molar-refractivity contribution < 1.29 is 9.13 Å². The summed E-state index contributed by atoms with van der Waals surface area (Å²) < 4.78 is 4.24. The first-order chi connectivity index (χ1) is 10.3. The zero-order valence-corrected chi connectivity index (χ0v) is 12.6. The van der Waals surface area contributed by atoms with Crippen LogP contribution in [0.3, 0.4) is 0 Å². The van der Waals surface area contributed by atoms with Crippen LogP contribution in [-0.2, 0) is 13.7 Å². The first-order valence-electron chi connectivity index (χ1n) is 7.63. The molecule has 2 heterocycles. The lowest BCUT2D eigenvalue weighted by Gasteiger charge is -2.07. The first kappa shape index (κ1) is 14.0. The average molecular weight is 281 g/mol. The van der Waals surface area contributed by atoms with Crippen molar-refractivity contribution in [1.82, 2.24) is 5.32 Å². The van der Waals surface area contributed by atoms with Gasteiger partial charge >= 0.3 is 0 Å². The predicted octanol–water partition coefficient (Wildman–Crippen LogP) is 1.98. The number of hydrogen-bond acceptors (Lipinski definition) is 1. The zero-order chi connectivity index (χ0) is 14.5. The fourth-order valence-corrected chi connectivity index (χ4v) is 2.69. The Bertz CT molecular complexity index is 599. The standard InChI is InChI=1S/C18H23N3/c1-20-10-6-17(7-11-20)18-8-12-21(13-9-18)15-19-14-16-4-2-3-5-16/h2,4,6-13,16,19H,3,5,14-15H2,1H3/q+2/t16-/m1/s1. The highest BCUT2D eigenvalue weighted by Crippen LogP contribution is 2.16. The topological polar surface area (TPSA) is 19.8 Å². The molecule has 3 nitrogen and oxygen atoms in total. The Morgan fingerprint density at radius 2 is 1.71 bits per heavy atom. The maximum atomic E-state index is 3.52. The minimum Gasteiger partial charge on any atom is -0.261 e. The molecule has 0 saturated carbocycles. The maximum Gasteiger partial charge on any atom is 0.202 e. The van der Waals surface area contributed by atoms with E-state index in [4.69, 9.17) is 0 Å². The molecule has 2 aromatic rings. The second-order valence-corrected chi connectivity index (χ2v) is 5.73. The summed E-state index contributed by atoms with van der Waals surface area (Å²) in [6.45, 7) is 1.94. The van der Waals surface area contributed by atoms with Gasteiger partial charge in [-0.05, 0) is 29.9 Å². The van der Waals surface area contributed by atoms with Crippen LogP contribution >= 0.6 is 0 Å². The maximum absolute atomic E-state index is 3.52. The molecule has 2 aromatic heterocycles. The molecule has 0 fully saturated rings. The molecule has 1 N–H and O–H groups in total. The van der Waals surface area contributed by atoms with Crippen LogP contribution in [0.5, 0.6) is 0 Å². The van der Waals surface area contributed by atoms with Crippen LogP contribution < -0.4 is 14.5 Å². The first-order valence-corrected chi connectivity index (χ1v) is 7.63. The van der Waals surface area contributed by atoms with E-state index in [2.05, 4.69) is 71.1 Å². The van der Waals surface area contributed by atoms with E-state index in [1.165, 1.54) is 24.0 Å². The van der Waals surface area contributed by atoms with Gasteiger partial charge in [-0.3, -0.25) is 5.32 Å². The van der Waals surface area contributed by atoms with Gasteiger partial charge in [0.2, 0.25) is 6.67 Å². The Labute approximate surface area is 126 Å². The summed E-state index contributed by atoms with van der Waals surface area (Å²) in [5.74, 6) is 0.718. The second kappa shape index (κ2) is 6.64. The third-order valence-corrected chi connectivity index (χ3v) is 4.02. The quantitative estimate of drug-likeness (QED) is 0.656. The summed E-state index contributed by atoms with van der Waals surface area (Å²) in [5.41, 5.74) is 2.51. The van der Waals surface area contributed by atoms with Crippen LogP contribution in [0.1, 0.15) is 12.8 Å². The Morgan fingerprint density at radius 1 is 1.05 bits per heavy atom. The second-order valence-electron chi connectivity index (χ2n) is 5.73. The predicted molar refractivity (Wildman–Crippen MR) is 83.1 cm³/mol. The lowest BCUT2D eigenvalue weighted by Crippen LogP contribution is -2.41. The normalized spacial score (nSPS) is 17.3. The van der Waals surface area contributed by atoms with E-state index in [0.717, 1.165) is 19.1 Å². The number of pyridine rings is 2. The number of nitrogens with zero attached hydrogens (tertiary/aromatic N) is 2. The van der Waals surface area contributed by atoms with E-state index in [1.54, 1.807) is 0 Å². The van der Waals surface area contributed by atoms with Gasteiger partial charge in [0.1, 0.15) is 7.05 Å². The van der Waals surface area contributed by atoms with Crippen molar-refractivity contribution in [3.8, 4) is 11.1 Å². The van der Waals surface area contributed by atoms with Gasteiger partial charge in [0, 0.05) is 30.8 Å². The highest BCUT2D eigenvalue weighted by Gasteiger charge is 2.09. The van der Waals surface area contributed by atoms with Gasteiger partial charge in [0.05, 0.1) is 0 Å². The number of nitrogens with one attached hydrogen (secondary N) is 1. The van der Waals surface area contributed by atoms with Crippen molar-refractivity contribution in [2.45, 2.75) is 19.5 Å². The van der Waals surface area contributed by atoms with E-state index >= 15 is 0 Å². The molecule has 0 unspecified atom stereocenters. The van der Waals surface area contributed by atoms with Gasteiger partial charge < -0.3 is 0 Å². The van der Waals surface area contributed by atoms with Crippen molar-refractivity contribution >= 4 is 0 Å². The van der Waals surface area contributed by atoms with E-state index in [1.807, 2.05) is 11.6 Å². The third-order valence-electron chi connectivity index (χ3n) is 4.02. The van der Waals surface area contributed by atoms with Gasteiger partial charge in [0.25, 0.3) is 0 Å². The molecule has 0 radical (unpaired) electrons. The van der Waals surface area contributed by atoms with Crippen molar-refractivity contribution in [1.29, 1.82) is 0 Å². The minimum atomic E-state index is 0.718. The molecule has 0 aliphatic heterocycles. The van der Waals surface area contributed by atoms with Crippen molar-refractivity contribution in [3.05, 3.63) is 61.2 Å². The number of hydrogen-bond donors (Lipinski definition) is 1. The molecule has 108 valence electrons. The number of allylic oxidation sites excluding steroid dienone is 1. The molecule has 0 spiro atoms. The lowest BCUT2D eigenvalue weighted by atomic mass is 10.1. The molecular formula is C18H23N3+2. The summed E-state index contributed by atoms with van der Waals surface area (Å²) in [6, 6.07) is 8.63. The van der Waals surface area contributed by atoms with Crippen LogP contribution in [0.2, 0.25) is 0 Å². The lowest BCUT2D eigenvalue weighted by molar-refractivity contribution is -0.701. The summed E-state index contributed by atoms with van der Waals surface area (Å²) in [7, 11) is 2.04. The van der Waals surface area contributed by atoms with Gasteiger partial charge in [0.15, 0.2) is 24.8 Å². The van der Waals surface area contributed by atoms with Gasteiger partial charge in [-0.2, -0.15) is 4.57 Å². The van der Waals surface area contributed by atoms with Crippen LogP contribution in [0.15, 0.2) is 61.2 Å². The van der Waals surface area contributed by atoms with Gasteiger partial charge in [-0.15, -0.1) is 0 Å². The molecule has 0 amide bonds. The third kappa shape index (κ3) is 3.76. The minimum absolute atomic E-state index is 0.718. The molecule has 3 heteroatoms. The van der Waals surface area contributed by atoms with Gasteiger partial charge in [-0.25, -0.2) is 4.57 Å². The molecule has 0 aromatic carbocycles. The molecule has 0 bridgehead atoms. The molecule has 0 saturated heterocycles. The van der Waals surface area contributed by atoms with E-state index in [9.17, 15) is 0 Å².